The topological polar surface area (TPSA) is 98.0 Å². The van der Waals surface area contributed by atoms with Crippen molar-refractivity contribution in [1.29, 1.82) is 0 Å². The van der Waals surface area contributed by atoms with E-state index in [0.717, 1.165) is 32.1 Å². The first-order valence-electron chi connectivity index (χ1n) is 12.8. The third-order valence-corrected chi connectivity index (χ3v) is 9.46. The standard InChI is InChI=1S/C27H46O5/c1-17(2)7-6-11-27(5,32)23-9-8-20(25(23,3)13-14-28)19-16-22(30)21-15-18(29)10-12-26(21,4)24(19)31/h16-18,20-23,28-30,32H,6-15H2,1-5H3. The number of hydrogen-bond acceptors (Lipinski definition) is 5. The summed E-state index contributed by atoms with van der Waals surface area (Å²) in [5.74, 6) is 0.365. The zero-order valence-corrected chi connectivity index (χ0v) is 20.8. The Kier molecular flexibility index (Phi) is 7.66. The lowest BCUT2D eigenvalue weighted by molar-refractivity contribution is -0.139. The number of hydrogen-bond donors (Lipinski definition) is 4. The van der Waals surface area contributed by atoms with Crippen LogP contribution in [0.15, 0.2) is 11.6 Å². The van der Waals surface area contributed by atoms with Gasteiger partial charge in [0.05, 0.1) is 17.8 Å². The lowest BCUT2D eigenvalue weighted by Crippen LogP contribution is -2.52. The molecule has 8 unspecified atom stereocenters. The third kappa shape index (κ3) is 4.60. The molecule has 0 aromatic heterocycles. The van der Waals surface area contributed by atoms with Gasteiger partial charge in [-0.3, -0.25) is 4.79 Å². The highest BCUT2D eigenvalue weighted by Crippen LogP contribution is 2.60. The van der Waals surface area contributed by atoms with E-state index in [2.05, 4.69) is 20.8 Å². The van der Waals surface area contributed by atoms with Crippen LogP contribution < -0.4 is 0 Å². The number of Topliss-reactive ketones (excluding diaryl/α,β-unsaturated/α-hetero) is 1. The van der Waals surface area contributed by atoms with Crippen LogP contribution in [0.5, 0.6) is 0 Å². The first kappa shape index (κ1) is 25.9. The molecule has 0 aromatic carbocycles. The van der Waals surface area contributed by atoms with Crippen molar-refractivity contribution in [2.75, 3.05) is 6.61 Å². The fraction of sp³-hybridized carbons (Fsp3) is 0.889. The summed E-state index contributed by atoms with van der Waals surface area (Å²) in [4.78, 5) is 13.8. The van der Waals surface area contributed by atoms with E-state index in [1.807, 2.05) is 13.8 Å². The van der Waals surface area contributed by atoms with Crippen molar-refractivity contribution < 1.29 is 25.2 Å². The van der Waals surface area contributed by atoms with E-state index in [0.29, 0.717) is 37.2 Å². The zero-order chi connectivity index (χ0) is 23.9. The van der Waals surface area contributed by atoms with E-state index in [1.165, 1.54) is 0 Å². The second-order valence-corrected chi connectivity index (χ2v) is 12.2. The highest BCUT2D eigenvalue weighted by atomic mass is 16.3. The van der Waals surface area contributed by atoms with Gasteiger partial charge in [0.15, 0.2) is 5.78 Å². The van der Waals surface area contributed by atoms with Gasteiger partial charge < -0.3 is 20.4 Å². The number of carbonyl (C=O) groups excluding carboxylic acids is 1. The largest absolute Gasteiger partial charge is 0.396 e. The molecule has 3 rings (SSSR count). The maximum atomic E-state index is 13.8. The summed E-state index contributed by atoms with van der Waals surface area (Å²) in [5.41, 5.74) is -1.22. The number of carbonyl (C=O) groups is 1. The summed E-state index contributed by atoms with van der Waals surface area (Å²) in [6, 6.07) is 0. The number of ketones is 1. The Morgan fingerprint density at radius 2 is 1.88 bits per heavy atom. The summed E-state index contributed by atoms with van der Waals surface area (Å²) < 4.78 is 0. The van der Waals surface area contributed by atoms with Crippen LogP contribution in [-0.2, 0) is 4.79 Å². The molecule has 5 nitrogen and oxygen atoms in total. The summed E-state index contributed by atoms with van der Waals surface area (Å²) in [6.07, 6.45) is 7.07. The molecule has 5 heteroatoms. The molecule has 0 radical (unpaired) electrons. The molecule has 32 heavy (non-hydrogen) atoms. The molecule has 184 valence electrons. The molecule has 0 spiro atoms. The van der Waals surface area contributed by atoms with Crippen molar-refractivity contribution in [3.63, 3.8) is 0 Å². The molecule has 0 heterocycles. The van der Waals surface area contributed by atoms with Crippen LogP contribution in [0.4, 0.5) is 0 Å². The van der Waals surface area contributed by atoms with Crippen LogP contribution >= 0.6 is 0 Å². The monoisotopic (exact) mass is 450 g/mol. The normalized spacial score (nSPS) is 42.0. The Labute approximate surface area is 194 Å². The first-order valence-corrected chi connectivity index (χ1v) is 12.8. The SMILES string of the molecule is CC(C)CCCC(C)(O)C1CCC(C2=CC(O)C3CC(O)CCC3(C)C2=O)C1(C)CCO. The Morgan fingerprint density at radius 3 is 2.50 bits per heavy atom. The Morgan fingerprint density at radius 1 is 1.19 bits per heavy atom. The van der Waals surface area contributed by atoms with Gasteiger partial charge in [-0.05, 0) is 86.7 Å². The van der Waals surface area contributed by atoms with Crippen LogP contribution in [0.2, 0.25) is 0 Å². The summed E-state index contributed by atoms with van der Waals surface area (Å²) >= 11 is 0. The second kappa shape index (κ2) is 9.48. The molecule has 0 aliphatic heterocycles. The van der Waals surface area contributed by atoms with E-state index >= 15 is 0 Å². The highest BCUT2D eigenvalue weighted by Gasteiger charge is 2.58. The molecular formula is C27H46O5. The van der Waals surface area contributed by atoms with E-state index in [4.69, 9.17) is 0 Å². The number of aliphatic hydroxyl groups is 4. The van der Waals surface area contributed by atoms with Gasteiger partial charge in [-0.1, -0.05) is 40.5 Å². The molecule has 0 amide bonds. The summed E-state index contributed by atoms with van der Waals surface area (Å²) in [7, 11) is 0. The fourth-order valence-corrected chi connectivity index (χ4v) is 7.50. The summed E-state index contributed by atoms with van der Waals surface area (Å²) in [5, 5.41) is 42.6. The molecule has 2 saturated carbocycles. The van der Waals surface area contributed by atoms with Gasteiger partial charge in [-0.25, -0.2) is 0 Å². The van der Waals surface area contributed by atoms with Gasteiger partial charge in [0.2, 0.25) is 0 Å². The van der Waals surface area contributed by atoms with Crippen molar-refractivity contribution in [3.8, 4) is 0 Å². The number of allylic oxidation sites excluding steroid dienone is 1. The molecule has 0 saturated heterocycles. The van der Waals surface area contributed by atoms with Gasteiger partial charge in [0.1, 0.15) is 0 Å². The second-order valence-electron chi connectivity index (χ2n) is 12.2. The van der Waals surface area contributed by atoms with Crippen LogP contribution in [-0.4, -0.2) is 50.6 Å². The molecule has 4 N–H and O–H groups in total. The van der Waals surface area contributed by atoms with Gasteiger partial charge in [-0.2, -0.15) is 0 Å². The molecule has 3 aliphatic carbocycles. The Hall–Kier alpha value is -0.750. The van der Waals surface area contributed by atoms with Gasteiger partial charge >= 0.3 is 0 Å². The lowest BCUT2D eigenvalue weighted by Gasteiger charge is -2.50. The minimum Gasteiger partial charge on any atom is -0.396 e. The minimum atomic E-state index is -0.855. The number of rotatable bonds is 8. The fourth-order valence-electron chi connectivity index (χ4n) is 7.50. The predicted molar refractivity (Wildman–Crippen MR) is 126 cm³/mol. The van der Waals surface area contributed by atoms with Crippen LogP contribution in [0.1, 0.15) is 92.4 Å². The van der Waals surface area contributed by atoms with Crippen molar-refractivity contribution in [1.82, 2.24) is 0 Å². The average molecular weight is 451 g/mol. The van der Waals surface area contributed by atoms with Crippen LogP contribution in [0, 0.1) is 34.5 Å². The molecule has 8 atom stereocenters. The van der Waals surface area contributed by atoms with Crippen molar-refractivity contribution in [2.45, 2.75) is 110 Å². The molecule has 2 fully saturated rings. The predicted octanol–water partition coefficient (Wildman–Crippen LogP) is 4.02. The Balaban J connectivity index is 1.90. The number of aliphatic hydroxyl groups excluding tert-OH is 3. The quantitative estimate of drug-likeness (QED) is 0.448. The summed E-state index contributed by atoms with van der Waals surface area (Å²) in [6.45, 7) is 10.4. The highest BCUT2D eigenvalue weighted by molar-refractivity contribution is 6.01. The van der Waals surface area contributed by atoms with E-state index in [9.17, 15) is 25.2 Å². The molecule has 0 bridgehead atoms. The van der Waals surface area contributed by atoms with Gasteiger partial charge in [0, 0.05) is 17.9 Å². The lowest BCUT2D eigenvalue weighted by atomic mass is 9.55. The first-order chi connectivity index (χ1) is 14.9. The molecule has 0 aromatic rings. The van der Waals surface area contributed by atoms with Crippen molar-refractivity contribution >= 4 is 5.78 Å². The smallest absolute Gasteiger partial charge is 0.165 e. The van der Waals surface area contributed by atoms with E-state index < -0.39 is 28.6 Å². The van der Waals surface area contributed by atoms with Gasteiger partial charge in [-0.15, -0.1) is 0 Å². The number of fused-ring (bicyclic) bond motifs is 1. The van der Waals surface area contributed by atoms with Crippen LogP contribution in [0.25, 0.3) is 0 Å². The third-order valence-electron chi connectivity index (χ3n) is 9.46. The molecule has 3 aliphatic rings. The van der Waals surface area contributed by atoms with Crippen LogP contribution in [0.3, 0.4) is 0 Å². The van der Waals surface area contributed by atoms with Gasteiger partial charge in [0.25, 0.3) is 0 Å². The minimum absolute atomic E-state index is 0.0103. The maximum Gasteiger partial charge on any atom is 0.165 e. The Bertz CT molecular complexity index is 713. The maximum absolute atomic E-state index is 13.8. The molecular weight excluding hydrogens is 404 g/mol. The average Bonchev–Trinajstić information content (AvgIpc) is 3.03. The van der Waals surface area contributed by atoms with E-state index in [-0.39, 0.29) is 30.1 Å². The zero-order valence-electron chi connectivity index (χ0n) is 20.8. The van der Waals surface area contributed by atoms with Crippen molar-refractivity contribution in [3.05, 3.63) is 11.6 Å². The van der Waals surface area contributed by atoms with Crippen molar-refractivity contribution in [2.24, 2.45) is 34.5 Å². The van der Waals surface area contributed by atoms with E-state index in [1.54, 1.807) is 6.08 Å².